The Kier molecular flexibility index (Phi) is 7.24. The first-order chi connectivity index (χ1) is 15.5. The van der Waals surface area contributed by atoms with Gasteiger partial charge in [0.25, 0.3) is 0 Å². The minimum atomic E-state index is -0.417. The molecular formula is C22H18Cl2N4O3S. The molecule has 164 valence electrons. The van der Waals surface area contributed by atoms with Crippen LogP contribution < -0.4 is 4.74 Å². The summed E-state index contributed by atoms with van der Waals surface area (Å²) in [6, 6.07) is 12.7. The Morgan fingerprint density at radius 2 is 1.94 bits per heavy atom. The third-order valence-corrected chi connectivity index (χ3v) is 6.66. The lowest BCUT2D eigenvalue weighted by atomic mass is 9.91. The molecular weight excluding hydrogens is 471 g/mol. The Morgan fingerprint density at radius 3 is 2.69 bits per heavy atom. The third-order valence-electron chi connectivity index (χ3n) is 4.83. The zero-order valence-electron chi connectivity index (χ0n) is 16.8. The van der Waals surface area contributed by atoms with E-state index in [9.17, 15) is 9.59 Å². The molecule has 1 aliphatic rings. The van der Waals surface area contributed by atoms with Crippen molar-refractivity contribution in [3.05, 3.63) is 74.9 Å². The topological polar surface area (TPSA) is 87.0 Å². The van der Waals surface area contributed by atoms with Crippen molar-refractivity contribution < 1.29 is 14.3 Å². The molecule has 32 heavy (non-hydrogen) atoms. The number of nitrogens with zero attached hydrogens (tertiary/aromatic N) is 4. The SMILES string of the molecule is O=C1CCCC(Sc2ccccc2)=C1C(=O)c1ccc(Cl)c(OCCn2cnnn2)c1Cl. The van der Waals surface area contributed by atoms with Gasteiger partial charge < -0.3 is 4.74 Å². The molecule has 0 amide bonds. The Morgan fingerprint density at radius 1 is 1.12 bits per heavy atom. The normalized spacial score (nSPS) is 14.0. The number of aromatic nitrogens is 4. The highest BCUT2D eigenvalue weighted by molar-refractivity contribution is 8.03. The van der Waals surface area contributed by atoms with Crippen molar-refractivity contribution in [2.24, 2.45) is 0 Å². The van der Waals surface area contributed by atoms with E-state index in [0.717, 1.165) is 9.80 Å². The summed E-state index contributed by atoms with van der Waals surface area (Å²) in [6.45, 7) is 0.568. The molecule has 3 aromatic rings. The number of halogens is 2. The van der Waals surface area contributed by atoms with E-state index in [1.165, 1.54) is 28.8 Å². The molecule has 0 aliphatic heterocycles. The van der Waals surface area contributed by atoms with E-state index < -0.39 is 5.78 Å². The summed E-state index contributed by atoms with van der Waals surface area (Å²) in [5.74, 6) is -0.402. The van der Waals surface area contributed by atoms with Gasteiger partial charge in [0.15, 0.2) is 17.3 Å². The summed E-state index contributed by atoms with van der Waals surface area (Å²) in [4.78, 5) is 27.9. The summed E-state index contributed by atoms with van der Waals surface area (Å²) in [5.41, 5.74) is 0.374. The molecule has 1 aromatic heterocycles. The van der Waals surface area contributed by atoms with Crippen LogP contribution in [0.15, 0.2) is 64.2 Å². The number of thioether (sulfide) groups is 1. The fraction of sp³-hybridized carbons (Fsp3) is 0.227. The Bertz CT molecular complexity index is 1170. The third kappa shape index (κ3) is 5.03. The van der Waals surface area contributed by atoms with Crippen LogP contribution in [0.25, 0.3) is 0 Å². The number of Topliss-reactive ketones (excluding diaryl/α,β-unsaturated/α-hetero) is 2. The zero-order valence-corrected chi connectivity index (χ0v) is 19.2. The first kappa shape index (κ1) is 22.5. The average Bonchev–Trinajstić information content (AvgIpc) is 3.30. The predicted octanol–water partition coefficient (Wildman–Crippen LogP) is 5.04. The molecule has 0 saturated carbocycles. The molecule has 0 unspecified atom stereocenters. The fourth-order valence-corrected chi connectivity index (χ4v) is 5.00. The molecule has 1 aliphatic carbocycles. The molecule has 0 N–H and O–H groups in total. The van der Waals surface area contributed by atoms with E-state index in [-0.39, 0.29) is 39.3 Å². The van der Waals surface area contributed by atoms with Gasteiger partial charge in [-0.05, 0) is 47.5 Å². The summed E-state index contributed by atoms with van der Waals surface area (Å²) in [7, 11) is 0. The van der Waals surface area contributed by atoms with Gasteiger partial charge in [-0.15, -0.1) is 5.10 Å². The molecule has 1 heterocycles. The maximum absolute atomic E-state index is 13.4. The number of ketones is 2. The minimum Gasteiger partial charge on any atom is -0.488 e. The fourth-order valence-electron chi connectivity index (χ4n) is 3.30. The number of rotatable bonds is 8. The Labute approximate surface area is 198 Å². The van der Waals surface area contributed by atoms with E-state index in [1.54, 1.807) is 6.07 Å². The molecule has 10 heteroatoms. The lowest BCUT2D eigenvalue weighted by Crippen LogP contribution is -2.19. The largest absolute Gasteiger partial charge is 0.488 e. The molecule has 0 fully saturated rings. The Balaban J connectivity index is 1.62. The number of carbonyl (C=O) groups is 2. The minimum absolute atomic E-state index is 0.0779. The van der Waals surface area contributed by atoms with Crippen LogP contribution in [0.3, 0.4) is 0 Å². The second kappa shape index (κ2) is 10.3. The van der Waals surface area contributed by atoms with Gasteiger partial charge in [-0.3, -0.25) is 9.59 Å². The van der Waals surface area contributed by atoms with E-state index in [4.69, 9.17) is 27.9 Å². The van der Waals surface area contributed by atoms with Crippen molar-refractivity contribution in [3.8, 4) is 5.75 Å². The van der Waals surface area contributed by atoms with Gasteiger partial charge in [-0.1, -0.05) is 53.2 Å². The molecule has 0 bridgehead atoms. The van der Waals surface area contributed by atoms with Gasteiger partial charge in [0.05, 0.1) is 22.2 Å². The van der Waals surface area contributed by atoms with Gasteiger partial charge in [0, 0.05) is 21.8 Å². The highest BCUT2D eigenvalue weighted by Gasteiger charge is 2.30. The summed E-state index contributed by atoms with van der Waals surface area (Å²) < 4.78 is 7.23. The van der Waals surface area contributed by atoms with Crippen LogP contribution in [-0.2, 0) is 11.3 Å². The second-order valence-corrected chi connectivity index (χ2v) is 8.93. The standard InChI is InChI=1S/C22H18Cl2N4O3S/c23-16-10-9-15(20(24)22(16)31-12-11-28-13-25-26-27-28)21(30)19-17(29)7-4-8-18(19)32-14-5-2-1-3-6-14/h1-3,5-6,9-10,13H,4,7-8,11-12H2. The number of benzene rings is 2. The molecule has 0 saturated heterocycles. The summed E-state index contributed by atoms with van der Waals surface area (Å²) >= 11 is 14.2. The van der Waals surface area contributed by atoms with Crippen LogP contribution in [0.1, 0.15) is 29.6 Å². The van der Waals surface area contributed by atoms with Crippen LogP contribution in [-0.4, -0.2) is 38.4 Å². The molecule has 4 rings (SSSR count). The summed E-state index contributed by atoms with van der Waals surface area (Å²) in [5, 5.41) is 11.2. The van der Waals surface area contributed by atoms with Gasteiger partial charge in [0.1, 0.15) is 12.9 Å². The van der Waals surface area contributed by atoms with Crippen LogP contribution in [0.4, 0.5) is 0 Å². The van der Waals surface area contributed by atoms with Crippen molar-refractivity contribution in [2.45, 2.75) is 30.7 Å². The molecule has 2 aromatic carbocycles. The van der Waals surface area contributed by atoms with Crippen LogP contribution in [0, 0.1) is 0 Å². The van der Waals surface area contributed by atoms with E-state index in [0.29, 0.717) is 25.8 Å². The quantitative estimate of drug-likeness (QED) is 0.324. The number of tetrazole rings is 1. The van der Waals surface area contributed by atoms with Crippen LogP contribution in [0.2, 0.25) is 10.0 Å². The number of ether oxygens (including phenoxy) is 1. The van der Waals surface area contributed by atoms with Crippen LogP contribution >= 0.6 is 35.0 Å². The second-order valence-electron chi connectivity index (χ2n) is 6.98. The molecule has 0 atom stereocenters. The van der Waals surface area contributed by atoms with E-state index >= 15 is 0 Å². The van der Waals surface area contributed by atoms with Gasteiger partial charge in [0.2, 0.25) is 0 Å². The number of hydrogen-bond donors (Lipinski definition) is 0. The molecule has 7 nitrogen and oxygen atoms in total. The number of allylic oxidation sites excluding steroid dienone is 2. The van der Waals surface area contributed by atoms with E-state index in [1.807, 2.05) is 30.3 Å². The predicted molar refractivity (Wildman–Crippen MR) is 122 cm³/mol. The number of carbonyl (C=O) groups excluding carboxylic acids is 2. The van der Waals surface area contributed by atoms with Gasteiger partial charge >= 0.3 is 0 Å². The zero-order chi connectivity index (χ0) is 22.5. The van der Waals surface area contributed by atoms with Crippen LogP contribution in [0.5, 0.6) is 5.75 Å². The maximum atomic E-state index is 13.4. The first-order valence-corrected chi connectivity index (χ1v) is 11.5. The molecule has 0 spiro atoms. The summed E-state index contributed by atoms with van der Waals surface area (Å²) in [6.07, 6.45) is 3.16. The van der Waals surface area contributed by atoms with Gasteiger partial charge in [-0.2, -0.15) is 0 Å². The highest BCUT2D eigenvalue weighted by Crippen LogP contribution is 2.40. The van der Waals surface area contributed by atoms with Gasteiger partial charge in [-0.25, -0.2) is 4.68 Å². The lowest BCUT2D eigenvalue weighted by molar-refractivity contribution is -0.115. The van der Waals surface area contributed by atoms with Crippen molar-refractivity contribution in [3.63, 3.8) is 0 Å². The van der Waals surface area contributed by atoms with Crippen molar-refractivity contribution in [1.82, 2.24) is 20.2 Å². The monoisotopic (exact) mass is 488 g/mol. The van der Waals surface area contributed by atoms with E-state index in [2.05, 4.69) is 15.5 Å². The lowest BCUT2D eigenvalue weighted by Gasteiger charge is -2.19. The highest BCUT2D eigenvalue weighted by atomic mass is 35.5. The Hall–Kier alpha value is -2.68. The molecule has 0 radical (unpaired) electrons. The maximum Gasteiger partial charge on any atom is 0.199 e. The first-order valence-electron chi connectivity index (χ1n) is 9.90. The van der Waals surface area contributed by atoms with Crippen molar-refractivity contribution >= 4 is 46.5 Å². The van der Waals surface area contributed by atoms with Crippen molar-refractivity contribution in [2.75, 3.05) is 6.61 Å². The smallest absolute Gasteiger partial charge is 0.199 e. The number of hydrogen-bond acceptors (Lipinski definition) is 7. The van der Waals surface area contributed by atoms with Crippen molar-refractivity contribution in [1.29, 1.82) is 0 Å². The average molecular weight is 489 g/mol.